The van der Waals surface area contributed by atoms with E-state index in [1.165, 1.54) is 15.6 Å². The molecule has 1 aliphatic rings. The first kappa shape index (κ1) is 20.6. The van der Waals surface area contributed by atoms with Gasteiger partial charge in [-0.1, -0.05) is 6.92 Å². The number of rotatable bonds is 6. The van der Waals surface area contributed by atoms with Crippen molar-refractivity contribution in [2.24, 2.45) is 4.99 Å². The molecule has 132 valence electrons. The fourth-order valence-corrected chi connectivity index (χ4v) is 3.70. The predicted octanol–water partition coefficient (Wildman–Crippen LogP) is 2.91. The van der Waals surface area contributed by atoms with Crippen molar-refractivity contribution in [1.82, 2.24) is 15.6 Å². The summed E-state index contributed by atoms with van der Waals surface area (Å²) in [6, 6.07) is 0. The molecular formula is C16H29IN4OS. The number of ether oxygens (including phenoxy) is 1. The molecule has 1 fully saturated rings. The zero-order valence-electron chi connectivity index (χ0n) is 14.6. The minimum absolute atomic E-state index is 0. The number of hydrogen-bond donors (Lipinski definition) is 2. The Morgan fingerprint density at radius 1 is 1.43 bits per heavy atom. The average molecular weight is 452 g/mol. The van der Waals surface area contributed by atoms with E-state index in [4.69, 9.17) is 4.74 Å². The molecule has 2 heterocycles. The molecule has 1 unspecified atom stereocenters. The van der Waals surface area contributed by atoms with Crippen LogP contribution >= 0.6 is 35.3 Å². The Morgan fingerprint density at radius 3 is 2.78 bits per heavy atom. The van der Waals surface area contributed by atoms with Gasteiger partial charge in [0.25, 0.3) is 0 Å². The number of halogens is 1. The van der Waals surface area contributed by atoms with Gasteiger partial charge in [-0.3, -0.25) is 4.99 Å². The molecule has 7 heteroatoms. The van der Waals surface area contributed by atoms with Crippen LogP contribution in [0.3, 0.4) is 0 Å². The van der Waals surface area contributed by atoms with Crippen LogP contribution in [0.4, 0.5) is 0 Å². The van der Waals surface area contributed by atoms with Gasteiger partial charge in [0, 0.05) is 38.0 Å². The summed E-state index contributed by atoms with van der Waals surface area (Å²) in [5.41, 5.74) is 1.17. The lowest BCUT2D eigenvalue weighted by Crippen LogP contribution is -2.45. The number of guanidine groups is 1. The van der Waals surface area contributed by atoms with Gasteiger partial charge in [0.15, 0.2) is 5.96 Å². The Labute approximate surface area is 160 Å². The highest BCUT2D eigenvalue weighted by Gasteiger charge is 2.29. The zero-order chi connectivity index (χ0) is 16.0. The molecule has 1 atom stereocenters. The molecule has 0 spiro atoms. The number of aromatic nitrogens is 1. The Hall–Kier alpha value is -0.410. The van der Waals surface area contributed by atoms with Crippen LogP contribution in [0.25, 0.3) is 0 Å². The molecule has 0 radical (unpaired) electrons. The normalized spacial score (nSPS) is 21.1. The summed E-state index contributed by atoms with van der Waals surface area (Å²) in [4.78, 5) is 10.3. The van der Waals surface area contributed by atoms with E-state index in [1.54, 1.807) is 18.4 Å². The van der Waals surface area contributed by atoms with E-state index in [-0.39, 0.29) is 29.6 Å². The molecule has 23 heavy (non-hydrogen) atoms. The molecule has 1 saturated heterocycles. The topological polar surface area (TPSA) is 58.5 Å². The van der Waals surface area contributed by atoms with Crippen LogP contribution in [0.15, 0.2) is 4.99 Å². The molecule has 2 N–H and O–H groups in total. The summed E-state index contributed by atoms with van der Waals surface area (Å²) in [6.07, 6.45) is 4.19. The highest BCUT2D eigenvalue weighted by atomic mass is 127. The summed E-state index contributed by atoms with van der Waals surface area (Å²) >= 11 is 1.80. The predicted molar refractivity (Wildman–Crippen MR) is 108 cm³/mol. The van der Waals surface area contributed by atoms with Gasteiger partial charge in [0.2, 0.25) is 0 Å². The molecule has 1 aromatic heterocycles. The summed E-state index contributed by atoms with van der Waals surface area (Å²) in [6.45, 7) is 8.96. The lowest BCUT2D eigenvalue weighted by molar-refractivity contribution is 0.0243. The molecular weight excluding hydrogens is 423 g/mol. The Bertz CT molecular complexity index is 512. The summed E-state index contributed by atoms with van der Waals surface area (Å²) < 4.78 is 5.78. The third-order valence-corrected chi connectivity index (χ3v) is 5.13. The van der Waals surface area contributed by atoms with Gasteiger partial charge in [-0.05, 0) is 33.1 Å². The van der Waals surface area contributed by atoms with E-state index in [0.29, 0.717) is 0 Å². The van der Waals surface area contributed by atoms with Gasteiger partial charge in [0.1, 0.15) is 0 Å². The van der Waals surface area contributed by atoms with Crippen LogP contribution in [0.5, 0.6) is 0 Å². The fraction of sp³-hybridized carbons (Fsp3) is 0.750. The lowest BCUT2D eigenvalue weighted by Gasteiger charge is -2.24. The average Bonchev–Trinajstić information content (AvgIpc) is 3.09. The minimum atomic E-state index is -0.0555. The van der Waals surface area contributed by atoms with Crippen LogP contribution < -0.4 is 10.6 Å². The van der Waals surface area contributed by atoms with Crippen LogP contribution in [0.2, 0.25) is 0 Å². The molecule has 0 aromatic carbocycles. The third-order valence-electron chi connectivity index (χ3n) is 4.06. The van der Waals surface area contributed by atoms with E-state index in [1.807, 2.05) is 0 Å². The van der Waals surface area contributed by atoms with Gasteiger partial charge in [0.05, 0.1) is 16.3 Å². The van der Waals surface area contributed by atoms with Gasteiger partial charge in [-0.25, -0.2) is 4.98 Å². The molecule has 5 nitrogen and oxygen atoms in total. The fourth-order valence-electron chi connectivity index (χ4n) is 2.68. The van der Waals surface area contributed by atoms with Gasteiger partial charge in [-0.2, -0.15) is 0 Å². The van der Waals surface area contributed by atoms with Crippen LogP contribution in [0, 0.1) is 6.92 Å². The SMILES string of the molecule is CCc1nc(CCNC(=NC)NCC2(C)CCCO2)sc1C.I. The minimum Gasteiger partial charge on any atom is -0.373 e. The monoisotopic (exact) mass is 452 g/mol. The van der Waals surface area contributed by atoms with Crippen LogP contribution in [-0.4, -0.2) is 43.3 Å². The molecule has 0 aliphatic carbocycles. The number of nitrogens with zero attached hydrogens (tertiary/aromatic N) is 2. The van der Waals surface area contributed by atoms with Crippen molar-refractivity contribution in [3.8, 4) is 0 Å². The zero-order valence-corrected chi connectivity index (χ0v) is 17.7. The first-order chi connectivity index (χ1) is 10.6. The molecule has 0 amide bonds. The summed E-state index contributed by atoms with van der Waals surface area (Å²) in [7, 11) is 1.80. The van der Waals surface area contributed by atoms with Gasteiger partial charge in [-0.15, -0.1) is 35.3 Å². The Balaban J connectivity index is 0.00000264. The Morgan fingerprint density at radius 2 is 2.22 bits per heavy atom. The molecule has 1 aliphatic heterocycles. The first-order valence-electron chi connectivity index (χ1n) is 8.10. The molecule has 0 bridgehead atoms. The second kappa shape index (κ2) is 9.78. The van der Waals surface area contributed by atoms with Gasteiger partial charge >= 0.3 is 0 Å². The first-order valence-corrected chi connectivity index (χ1v) is 8.91. The highest BCUT2D eigenvalue weighted by molar-refractivity contribution is 14.0. The van der Waals surface area contributed by atoms with Crippen LogP contribution in [-0.2, 0) is 17.6 Å². The summed E-state index contributed by atoms with van der Waals surface area (Å²) in [5, 5.41) is 7.92. The number of nitrogens with one attached hydrogen (secondary N) is 2. The second-order valence-corrected chi connectivity index (χ2v) is 7.26. The van der Waals surface area contributed by atoms with Crippen molar-refractivity contribution in [1.29, 1.82) is 0 Å². The van der Waals surface area contributed by atoms with Crippen molar-refractivity contribution in [3.63, 3.8) is 0 Å². The van der Waals surface area contributed by atoms with Crippen molar-refractivity contribution >= 4 is 41.3 Å². The smallest absolute Gasteiger partial charge is 0.191 e. The summed E-state index contributed by atoms with van der Waals surface area (Å²) in [5.74, 6) is 0.834. The molecule has 0 saturated carbocycles. The van der Waals surface area contributed by atoms with Crippen molar-refractivity contribution in [3.05, 3.63) is 15.6 Å². The third kappa shape index (κ3) is 6.19. The molecule has 1 aromatic rings. The number of thiazole rings is 1. The van der Waals surface area contributed by atoms with E-state index < -0.39 is 0 Å². The van der Waals surface area contributed by atoms with E-state index >= 15 is 0 Å². The molecule has 2 rings (SSSR count). The maximum absolute atomic E-state index is 5.78. The second-order valence-electron chi connectivity index (χ2n) is 5.97. The lowest BCUT2D eigenvalue weighted by atomic mass is 10.0. The number of hydrogen-bond acceptors (Lipinski definition) is 4. The highest BCUT2D eigenvalue weighted by Crippen LogP contribution is 2.23. The van der Waals surface area contributed by atoms with Crippen molar-refractivity contribution in [2.75, 3.05) is 26.7 Å². The largest absolute Gasteiger partial charge is 0.373 e. The van der Waals surface area contributed by atoms with Crippen molar-refractivity contribution in [2.45, 2.75) is 52.1 Å². The van der Waals surface area contributed by atoms with E-state index in [2.05, 4.69) is 41.4 Å². The van der Waals surface area contributed by atoms with Gasteiger partial charge < -0.3 is 15.4 Å². The van der Waals surface area contributed by atoms with E-state index in [0.717, 1.165) is 51.3 Å². The number of aryl methyl sites for hydroxylation is 2. The quantitative estimate of drug-likeness (QED) is 0.396. The maximum atomic E-state index is 5.78. The van der Waals surface area contributed by atoms with Crippen LogP contribution in [0.1, 0.15) is 42.3 Å². The maximum Gasteiger partial charge on any atom is 0.191 e. The standard InChI is InChI=1S/C16H28N4OS.HI/c1-5-13-12(2)22-14(20-13)7-9-18-15(17-4)19-11-16(3)8-6-10-21-16;/h5-11H2,1-4H3,(H2,17,18,19);1H. The Kier molecular flexibility index (Phi) is 8.78. The van der Waals surface area contributed by atoms with E-state index in [9.17, 15) is 0 Å². The van der Waals surface area contributed by atoms with Crippen molar-refractivity contribution < 1.29 is 4.74 Å². The number of aliphatic imine (C=N–C) groups is 1.